The monoisotopic (exact) mass is 312 g/mol. The van der Waals surface area contributed by atoms with Gasteiger partial charge in [0.05, 0.1) is 0 Å². The summed E-state index contributed by atoms with van der Waals surface area (Å²) in [7, 11) is 0. The largest absolute Gasteiger partial charge is 0.444 e. The molecule has 0 spiro atoms. The fraction of sp³-hybridized carbons (Fsp3) is 0.562. The van der Waals surface area contributed by atoms with E-state index in [4.69, 9.17) is 4.74 Å². The molecule has 0 aromatic heterocycles. The van der Waals surface area contributed by atoms with Gasteiger partial charge in [-0.1, -0.05) is 6.07 Å². The minimum atomic E-state index is -0.575. The van der Waals surface area contributed by atoms with E-state index < -0.39 is 29.4 Å². The molecule has 0 saturated carbocycles. The Hall–Kier alpha value is -1.69. The second-order valence-corrected chi connectivity index (χ2v) is 6.51. The maximum Gasteiger partial charge on any atom is 0.407 e. The number of ether oxygens (including phenoxy) is 1. The second kappa shape index (κ2) is 6.60. The number of hydrogen-bond acceptors (Lipinski definition) is 3. The summed E-state index contributed by atoms with van der Waals surface area (Å²) >= 11 is 0. The first-order valence-electron chi connectivity index (χ1n) is 7.43. The highest BCUT2D eigenvalue weighted by atomic mass is 19.1. The van der Waals surface area contributed by atoms with E-state index in [1.807, 2.05) is 0 Å². The van der Waals surface area contributed by atoms with Crippen LogP contribution in [0.15, 0.2) is 18.2 Å². The Morgan fingerprint density at radius 3 is 2.55 bits per heavy atom. The number of alkyl carbamates (subject to hydrolysis) is 1. The summed E-state index contributed by atoms with van der Waals surface area (Å²) < 4.78 is 32.9. The fourth-order valence-corrected chi connectivity index (χ4v) is 2.59. The Bertz CT molecular complexity index is 523. The molecule has 1 amide bonds. The summed E-state index contributed by atoms with van der Waals surface area (Å²) in [5, 5.41) is 5.86. The van der Waals surface area contributed by atoms with E-state index in [1.165, 1.54) is 18.2 Å². The molecule has 2 unspecified atom stereocenters. The number of halogens is 2. The van der Waals surface area contributed by atoms with Crippen LogP contribution in [0.2, 0.25) is 0 Å². The predicted molar refractivity (Wildman–Crippen MR) is 79.5 cm³/mol. The van der Waals surface area contributed by atoms with Crippen molar-refractivity contribution in [1.29, 1.82) is 0 Å². The average molecular weight is 312 g/mol. The van der Waals surface area contributed by atoms with Crippen LogP contribution in [-0.2, 0) is 4.74 Å². The number of rotatable bonds is 2. The van der Waals surface area contributed by atoms with Gasteiger partial charge in [0.25, 0.3) is 0 Å². The Balaban J connectivity index is 2.02. The molecule has 1 aromatic rings. The van der Waals surface area contributed by atoms with Crippen LogP contribution in [-0.4, -0.2) is 24.3 Å². The highest BCUT2D eigenvalue weighted by molar-refractivity contribution is 5.68. The molecule has 1 aliphatic heterocycles. The van der Waals surface area contributed by atoms with E-state index in [-0.39, 0.29) is 11.6 Å². The number of carbonyl (C=O) groups excluding carboxylic acids is 1. The smallest absolute Gasteiger partial charge is 0.407 e. The van der Waals surface area contributed by atoms with Crippen molar-refractivity contribution in [2.24, 2.45) is 0 Å². The topological polar surface area (TPSA) is 50.4 Å². The molecule has 1 saturated heterocycles. The molecule has 0 bridgehead atoms. The molecular formula is C16H22F2N2O2. The highest BCUT2D eigenvalue weighted by Gasteiger charge is 2.29. The molecule has 0 radical (unpaired) electrons. The van der Waals surface area contributed by atoms with Gasteiger partial charge < -0.3 is 15.4 Å². The van der Waals surface area contributed by atoms with Gasteiger partial charge in [0.15, 0.2) is 0 Å². The van der Waals surface area contributed by atoms with Crippen LogP contribution >= 0.6 is 0 Å². The van der Waals surface area contributed by atoms with Crippen LogP contribution in [0.4, 0.5) is 13.6 Å². The van der Waals surface area contributed by atoms with Crippen molar-refractivity contribution in [1.82, 2.24) is 10.6 Å². The van der Waals surface area contributed by atoms with Crippen molar-refractivity contribution in [3.8, 4) is 0 Å². The molecular weight excluding hydrogens is 290 g/mol. The average Bonchev–Trinajstić information content (AvgIpc) is 2.36. The highest BCUT2D eigenvalue weighted by Crippen LogP contribution is 2.27. The van der Waals surface area contributed by atoms with Crippen LogP contribution in [0.3, 0.4) is 0 Å². The molecule has 1 heterocycles. The van der Waals surface area contributed by atoms with E-state index in [1.54, 1.807) is 20.8 Å². The molecule has 1 aromatic carbocycles. The Morgan fingerprint density at radius 1 is 1.32 bits per heavy atom. The van der Waals surface area contributed by atoms with E-state index in [2.05, 4.69) is 10.6 Å². The summed E-state index contributed by atoms with van der Waals surface area (Å²) in [6, 6.07) is 3.18. The summed E-state index contributed by atoms with van der Waals surface area (Å²) in [4.78, 5) is 11.8. The van der Waals surface area contributed by atoms with Crippen molar-refractivity contribution in [2.75, 3.05) is 6.54 Å². The summed E-state index contributed by atoms with van der Waals surface area (Å²) in [6.07, 6.45) is 0.593. The van der Waals surface area contributed by atoms with Crippen molar-refractivity contribution >= 4 is 6.09 Å². The molecule has 122 valence electrons. The number of piperidine rings is 1. The summed E-state index contributed by atoms with van der Waals surface area (Å²) in [5.41, 5.74) is -0.549. The van der Waals surface area contributed by atoms with Crippen molar-refractivity contribution in [3.05, 3.63) is 35.4 Å². The van der Waals surface area contributed by atoms with Crippen LogP contribution in [0, 0.1) is 11.6 Å². The lowest BCUT2D eigenvalue weighted by Crippen LogP contribution is -2.46. The lowest BCUT2D eigenvalue weighted by atomic mass is 9.93. The van der Waals surface area contributed by atoms with E-state index in [0.717, 1.165) is 0 Å². The van der Waals surface area contributed by atoms with Gasteiger partial charge in [-0.2, -0.15) is 0 Å². The number of nitrogens with one attached hydrogen (secondary N) is 2. The predicted octanol–water partition coefficient (Wildman–Crippen LogP) is 3.28. The third kappa shape index (κ3) is 4.40. The first-order chi connectivity index (χ1) is 10.3. The SMILES string of the molecule is CC(C)(C)OC(=O)NC1CCNC(c2c(F)cccc2F)C1. The number of carbonyl (C=O) groups is 1. The van der Waals surface area contributed by atoms with Gasteiger partial charge in [-0.25, -0.2) is 13.6 Å². The van der Waals surface area contributed by atoms with Crippen molar-refractivity contribution in [3.63, 3.8) is 0 Å². The first kappa shape index (κ1) is 16.7. The molecule has 22 heavy (non-hydrogen) atoms. The minimum absolute atomic E-state index is 0.0261. The lowest BCUT2D eigenvalue weighted by molar-refractivity contribution is 0.0489. The lowest BCUT2D eigenvalue weighted by Gasteiger charge is -2.32. The van der Waals surface area contributed by atoms with Crippen molar-refractivity contribution in [2.45, 2.75) is 51.3 Å². The third-order valence-electron chi connectivity index (χ3n) is 3.47. The van der Waals surface area contributed by atoms with Crippen LogP contribution in [0.25, 0.3) is 0 Å². The number of amides is 1. The standard InChI is InChI=1S/C16H22F2N2O2/c1-16(2,3)22-15(21)20-10-7-8-19-13(9-10)14-11(17)5-4-6-12(14)18/h4-6,10,13,19H,7-9H2,1-3H3,(H,20,21). The molecule has 0 aliphatic carbocycles. The van der Waals surface area contributed by atoms with Crippen molar-refractivity contribution < 1.29 is 18.3 Å². The molecule has 2 N–H and O–H groups in total. The molecule has 4 nitrogen and oxygen atoms in total. The first-order valence-corrected chi connectivity index (χ1v) is 7.43. The van der Waals surface area contributed by atoms with Gasteiger partial charge in [0.2, 0.25) is 0 Å². The Morgan fingerprint density at radius 2 is 1.95 bits per heavy atom. The normalized spacial score (nSPS) is 22.2. The molecule has 1 fully saturated rings. The zero-order chi connectivity index (χ0) is 16.3. The van der Waals surface area contributed by atoms with Crippen LogP contribution < -0.4 is 10.6 Å². The van der Waals surface area contributed by atoms with Gasteiger partial charge >= 0.3 is 6.09 Å². The van der Waals surface area contributed by atoms with Gasteiger partial charge in [0.1, 0.15) is 17.2 Å². The zero-order valence-corrected chi connectivity index (χ0v) is 13.1. The number of hydrogen-bond donors (Lipinski definition) is 2. The maximum atomic E-state index is 13.9. The van der Waals surface area contributed by atoms with Crippen LogP contribution in [0.1, 0.15) is 45.2 Å². The molecule has 2 rings (SSSR count). The number of benzene rings is 1. The quantitative estimate of drug-likeness (QED) is 0.881. The molecule has 1 aliphatic rings. The Kier molecular flexibility index (Phi) is 5.01. The third-order valence-corrected chi connectivity index (χ3v) is 3.47. The van der Waals surface area contributed by atoms with E-state index in [0.29, 0.717) is 19.4 Å². The zero-order valence-electron chi connectivity index (χ0n) is 13.1. The Labute approximate surface area is 129 Å². The van der Waals surface area contributed by atoms with Gasteiger partial charge in [-0.05, 0) is 52.3 Å². The molecule has 2 atom stereocenters. The van der Waals surface area contributed by atoms with Gasteiger partial charge in [-0.3, -0.25) is 0 Å². The summed E-state index contributed by atoms with van der Waals surface area (Å²) in [5.74, 6) is -1.15. The van der Waals surface area contributed by atoms with E-state index >= 15 is 0 Å². The fourth-order valence-electron chi connectivity index (χ4n) is 2.59. The molecule has 6 heteroatoms. The van der Waals surface area contributed by atoms with Gasteiger partial charge in [-0.15, -0.1) is 0 Å². The second-order valence-electron chi connectivity index (χ2n) is 6.51. The van der Waals surface area contributed by atoms with Gasteiger partial charge in [0, 0.05) is 17.6 Å². The van der Waals surface area contributed by atoms with Crippen LogP contribution in [0.5, 0.6) is 0 Å². The summed E-state index contributed by atoms with van der Waals surface area (Å²) in [6.45, 7) is 5.92. The minimum Gasteiger partial charge on any atom is -0.444 e. The maximum absolute atomic E-state index is 13.9. The van der Waals surface area contributed by atoms with E-state index in [9.17, 15) is 13.6 Å².